The summed E-state index contributed by atoms with van der Waals surface area (Å²) in [6.07, 6.45) is 0.758. The van der Waals surface area contributed by atoms with Crippen LogP contribution >= 0.6 is 0 Å². The van der Waals surface area contributed by atoms with Gasteiger partial charge in [-0.3, -0.25) is 4.79 Å². The second-order valence-electron chi connectivity index (χ2n) is 5.61. The number of carbonyl (C=O) groups excluding carboxylic acids is 1. The van der Waals surface area contributed by atoms with Crippen LogP contribution in [0, 0.1) is 0 Å². The fourth-order valence-corrected chi connectivity index (χ4v) is 1.75. The lowest BCUT2D eigenvalue weighted by Gasteiger charge is -2.20. The summed E-state index contributed by atoms with van der Waals surface area (Å²) in [5.74, 6) is 1.00. The molecule has 0 aromatic heterocycles. The van der Waals surface area contributed by atoms with Crippen LogP contribution in [0.15, 0.2) is 18.2 Å². The van der Waals surface area contributed by atoms with Crippen LogP contribution in [-0.2, 0) is 11.2 Å². The Morgan fingerprint density at radius 3 is 2.55 bits per heavy atom. The summed E-state index contributed by atoms with van der Waals surface area (Å²) in [6.45, 7) is 6.30. The van der Waals surface area contributed by atoms with Gasteiger partial charge in [-0.15, -0.1) is 0 Å². The first-order valence-electron chi connectivity index (χ1n) is 6.66. The largest absolute Gasteiger partial charge is 0.493 e. The molecule has 1 aromatic rings. The van der Waals surface area contributed by atoms with E-state index >= 15 is 0 Å². The lowest BCUT2D eigenvalue weighted by molar-refractivity contribution is -0.124. The van der Waals surface area contributed by atoms with Crippen molar-refractivity contribution >= 4 is 5.91 Å². The van der Waals surface area contributed by atoms with Crippen molar-refractivity contribution in [2.75, 3.05) is 20.3 Å². The van der Waals surface area contributed by atoms with Gasteiger partial charge in [0.15, 0.2) is 18.1 Å². The van der Waals surface area contributed by atoms with Gasteiger partial charge >= 0.3 is 0 Å². The molecule has 3 N–H and O–H groups in total. The smallest absolute Gasteiger partial charge is 0.258 e. The van der Waals surface area contributed by atoms with E-state index in [0.717, 1.165) is 12.0 Å². The molecule has 0 aliphatic carbocycles. The van der Waals surface area contributed by atoms with Crippen LogP contribution < -0.4 is 20.5 Å². The molecule has 0 spiro atoms. The van der Waals surface area contributed by atoms with E-state index < -0.39 is 0 Å². The Balaban J connectivity index is 2.70. The first-order valence-corrected chi connectivity index (χ1v) is 6.66. The number of rotatable bonds is 6. The van der Waals surface area contributed by atoms with Crippen molar-refractivity contribution in [3.8, 4) is 11.5 Å². The first-order chi connectivity index (χ1) is 9.35. The van der Waals surface area contributed by atoms with E-state index in [1.54, 1.807) is 7.11 Å². The highest BCUT2D eigenvalue weighted by atomic mass is 16.5. The minimum Gasteiger partial charge on any atom is -0.493 e. The van der Waals surface area contributed by atoms with Crippen LogP contribution in [0.25, 0.3) is 0 Å². The predicted molar refractivity (Wildman–Crippen MR) is 79.1 cm³/mol. The molecule has 20 heavy (non-hydrogen) atoms. The standard InChI is InChI=1S/C15H24N2O3/c1-15(2,3)17-14(18)10-20-13-9-11(7-8-16)5-6-12(13)19-4/h5-6,9H,7-8,10,16H2,1-4H3,(H,17,18). The van der Waals surface area contributed by atoms with E-state index in [1.165, 1.54) is 0 Å². The molecular formula is C15H24N2O3. The summed E-state index contributed by atoms with van der Waals surface area (Å²) in [6, 6.07) is 5.62. The van der Waals surface area contributed by atoms with Crippen molar-refractivity contribution in [3.63, 3.8) is 0 Å². The monoisotopic (exact) mass is 280 g/mol. The zero-order valence-corrected chi connectivity index (χ0v) is 12.7. The zero-order valence-electron chi connectivity index (χ0n) is 12.7. The quantitative estimate of drug-likeness (QED) is 0.828. The number of ether oxygens (including phenoxy) is 2. The zero-order chi connectivity index (χ0) is 15.2. The van der Waals surface area contributed by atoms with E-state index in [1.807, 2.05) is 39.0 Å². The Labute approximate surface area is 120 Å². The minimum atomic E-state index is -0.272. The average molecular weight is 280 g/mol. The molecule has 0 fully saturated rings. The molecule has 1 rings (SSSR count). The van der Waals surface area contributed by atoms with E-state index in [-0.39, 0.29) is 18.1 Å². The molecule has 0 saturated heterocycles. The maximum Gasteiger partial charge on any atom is 0.258 e. The van der Waals surface area contributed by atoms with Gasteiger partial charge in [0.2, 0.25) is 0 Å². The molecule has 5 heteroatoms. The van der Waals surface area contributed by atoms with Crippen molar-refractivity contribution in [2.24, 2.45) is 5.73 Å². The lowest BCUT2D eigenvalue weighted by atomic mass is 10.1. The van der Waals surface area contributed by atoms with Gasteiger partial charge in [-0.2, -0.15) is 0 Å². The van der Waals surface area contributed by atoms with Crippen LogP contribution in [0.1, 0.15) is 26.3 Å². The minimum absolute atomic E-state index is 0.0420. The number of carbonyl (C=O) groups is 1. The van der Waals surface area contributed by atoms with E-state index in [4.69, 9.17) is 15.2 Å². The van der Waals surface area contributed by atoms with Gasteiger partial charge in [0.1, 0.15) is 0 Å². The van der Waals surface area contributed by atoms with Crippen LogP contribution in [0.5, 0.6) is 11.5 Å². The maximum absolute atomic E-state index is 11.7. The Hall–Kier alpha value is -1.75. The topological polar surface area (TPSA) is 73.6 Å². The Morgan fingerprint density at radius 2 is 2.00 bits per heavy atom. The molecule has 0 radical (unpaired) electrons. The lowest BCUT2D eigenvalue weighted by Crippen LogP contribution is -2.43. The van der Waals surface area contributed by atoms with E-state index in [9.17, 15) is 4.79 Å². The van der Waals surface area contributed by atoms with Gasteiger partial charge in [0, 0.05) is 5.54 Å². The average Bonchev–Trinajstić information content (AvgIpc) is 2.35. The van der Waals surface area contributed by atoms with Crippen LogP contribution in [0.2, 0.25) is 0 Å². The van der Waals surface area contributed by atoms with Gasteiger partial charge in [-0.1, -0.05) is 6.07 Å². The van der Waals surface area contributed by atoms with Crippen molar-refractivity contribution < 1.29 is 14.3 Å². The molecule has 0 saturated carbocycles. The Bertz CT molecular complexity index is 453. The molecule has 0 aliphatic heterocycles. The van der Waals surface area contributed by atoms with E-state index in [0.29, 0.717) is 18.0 Å². The number of nitrogens with one attached hydrogen (secondary N) is 1. The Kier molecular flexibility index (Phi) is 5.82. The third kappa shape index (κ3) is 5.48. The molecule has 0 atom stereocenters. The fourth-order valence-electron chi connectivity index (χ4n) is 1.75. The number of methoxy groups -OCH3 is 1. The van der Waals surface area contributed by atoms with Gasteiger partial charge in [-0.25, -0.2) is 0 Å². The molecule has 0 aliphatic rings. The molecule has 112 valence electrons. The van der Waals surface area contributed by atoms with Gasteiger partial charge in [0.05, 0.1) is 7.11 Å². The summed E-state index contributed by atoms with van der Waals surface area (Å²) < 4.78 is 10.8. The molecule has 1 aromatic carbocycles. The first kappa shape index (κ1) is 16.3. The van der Waals surface area contributed by atoms with Crippen molar-refractivity contribution in [1.82, 2.24) is 5.32 Å². The summed E-state index contributed by atoms with van der Waals surface area (Å²) in [5, 5.41) is 2.84. The molecule has 1 amide bonds. The number of hydrogen-bond donors (Lipinski definition) is 2. The van der Waals surface area contributed by atoms with Crippen molar-refractivity contribution in [2.45, 2.75) is 32.7 Å². The van der Waals surface area contributed by atoms with Crippen LogP contribution in [-0.4, -0.2) is 31.7 Å². The highest BCUT2D eigenvalue weighted by Gasteiger charge is 2.15. The summed E-state index contributed by atoms with van der Waals surface area (Å²) >= 11 is 0. The van der Waals surface area contributed by atoms with Crippen molar-refractivity contribution in [3.05, 3.63) is 23.8 Å². The summed E-state index contributed by atoms with van der Waals surface area (Å²) in [7, 11) is 1.57. The number of nitrogens with two attached hydrogens (primary N) is 1. The summed E-state index contributed by atoms with van der Waals surface area (Å²) in [5.41, 5.74) is 6.32. The summed E-state index contributed by atoms with van der Waals surface area (Å²) in [4.78, 5) is 11.7. The molecular weight excluding hydrogens is 256 g/mol. The molecule has 0 heterocycles. The normalized spacial score (nSPS) is 11.1. The second-order valence-corrected chi connectivity index (χ2v) is 5.61. The van der Waals surface area contributed by atoms with Crippen LogP contribution in [0.4, 0.5) is 0 Å². The number of benzene rings is 1. The second kappa shape index (κ2) is 7.14. The van der Waals surface area contributed by atoms with Gasteiger partial charge in [-0.05, 0) is 51.4 Å². The highest BCUT2D eigenvalue weighted by Crippen LogP contribution is 2.28. The number of hydrogen-bond acceptors (Lipinski definition) is 4. The molecule has 0 bridgehead atoms. The fraction of sp³-hybridized carbons (Fsp3) is 0.533. The third-order valence-corrected chi connectivity index (χ3v) is 2.53. The van der Waals surface area contributed by atoms with Gasteiger partial charge in [0.25, 0.3) is 5.91 Å². The molecule has 0 unspecified atom stereocenters. The predicted octanol–water partition coefficient (Wildman–Crippen LogP) is 1.49. The van der Waals surface area contributed by atoms with E-state index in [2.05, 4.69) is 5.32 Å². The van der Waals surface area contributed by atoms with Crippen molar-refractivity contribution in [1.29, 1.82) is 0 Å². The number of amides is 1. The highest BCUT2D eigenvalue weighted by molar-refractivity contribution is 5.78. The maximum atomic E-state index is 11.7. The SMILES string of the molecule is COc1ccc(CCN)cc1OCC(=O)NC(C)(C)C. The van der Waals surface area contributed by atoms with Gasteiger partial charge < -0.3 is 20.5 Å². The third-order valence-electron chi connectivity index (χ3n) is 2.53. The molecule has 5 nitrogen and oxygen atoms in total. The van der Waals surface area contributed by atoms with Crippen LogP contribution in [0.3, 0.4) is 0 Å². The Morgan fingerprint density at radius 1 is 1.30 bits per heavy atom.